The summed E-state index contributed by atoms with van der Waals surface area (Å²) in [5.74, 6) is 0.110. The molecule has 0 radical (unpaired) electrons. The number of hydrogen-bond donors (Lipinski definition) is 1. The van der Waals surface area contributed by atoms with Gasteiger partial charge in [0.15, 0.2) is 0 Å². The first-order valence-corrected chi connectivity index (χ1v) is 7.64. The maximum Gasteiger partial charge on any atom is 0.441 e. The third-order valence-electron chi connectivity index (χ3n) is 3.30. The third-order valence-corrected chi connectivity index (χ3v) is 4.03. The Hall–Kier alpha value is 0.0600. The minimum absolute atomic E-state index is 0.0262. The van der Waals surface area contributed by atoms with E-state index in [0.717, 1.165) is 26.0 Å². The molecule has 6 heteroatoms. The second kappa shape index (κ2) is 6.68. The average molecular weight is 299 g/mol. The van der Waals surface area contributed by atoms with Crippen molar-refractivity contribution in [2.45, 2.75) is 51.1 Å². The Balaban J connectivity index is 2.50. The van der Waals surface area contributed by atoms with E-state index < -0.39 is 5.51 Å². The highest BCUT2D eigenvalue weighted by atomic mass is 32.2. The van der Waals surface area contributed by atoms with Crippen LogP contribution < -0.4 is 5.32 Å². The highest BCUT2D eigenvalue weighted by molar-refractivity contribution is 8.00. The van der Waals surface area contributed by atoms with Crippen LogP contribution in [-0.2, 0) is 4.74 Å². The number of hydrogen-bond acceptors (Lipinski definition) is 3. The van der Waals surface area contributed by atoms with E-state index in [1.807, 2.05) is 0 Å². The molecule has 1 fully saturated rings. The number of nitrogens with one attached hydrogen (secondary N) is 1. The van der Waals surface area contributed by atoms with E-state index in [9.17, 15) is 13.2 Å². The van der Waals surface area contributed by atoms with Gasteiger partial charge in [-0.15, -0.1) is 0 Å². The normalized spacial score (nSPS) is 25.6. The van der Waals surface area contributed by atoms with Crippen LogP contribution in [0.3, 0.4) is 0 Å². The lowest BCUT2D eigenvalue weighted by Crippen LogP contribution is -2.47. The SMILES string of the molecule is CC(C)(C)NCC1(CCSC(F)(F)F)CCCOC1. The lowest BCUT2D eigenvalue weighted by Gasteiger charge is -2.39. The highest BCUT2D eigenvalue weighted by Crippen LogP contribution is 2.37. The quantitative estimate of drug-likeness (QED) is 0.834. The second-order valence-corrected chi connectivity index (χ2v) is 7.46. The van der Waals surface area contributed by atoms with Crippen LogP contribution in [-0.4, -0.2) is 36.6 Å². The zero-order valence-corrected chi connectivity index (χ0v) is 12.7. The Bertz CT molecular complexity index is 270. The molecule has 0 aliphatic carbocycles. The van der Waals surface area contributed by atoms with E-state index >= 15 is 0 Å². The Morgan fingerprint density at radius 1 is 1.26 bits per heavy atom. The van der Waals surface area contributed by atoms with Crippen LogP contribution in [0.5, 0.6) is 0 Å². The van der Waals surface area contributed by atoms with Crippen molar-refractivity contribution in [3.63, 3.8) is 0 Å². The molecule has 19 heavy (non-hydrogen) atoms. The summed E-state index contributed by atoms with van der Waals surface area (Å²) in [6.45, 7) is 8.20. The van der Waals surface area contributed by atoms with Crippen molar-refractivity contribution in [2.75, 3.05) is 25.5 Å². The summed E-state index contributed by atoms with van der Waals surface area (Å²) in [4.78, 5) is 0. The first kappa shape index (κ1) is 17.1. The monoisotopic (exact) mass is 299 g/mol. The Morgan fingerprint density at radius 3 is 2.42 bits per heavy atom. The molecule has 0 amide bonds. The van der Waals surface area contributed by atoms with Gasteiger partial charge in [0.05, 0.1) is 6.61 Å². The molecule has 0 spiro atoms. The summed E-state index contributed by atoms with van der Waals surface area (Å²) >= 11 is 0.0758. The molecule has 1 rings (SSSR count). The summed E-state index contributed by atoms with van der Waals surface area (Å²) in [5, 5.41) is 3.41. The van der Waals surface area contributed by atoms with Gasteiger partial charge in [-0.05, 0) is 40.0 Å². The molecule has 1 saturated heterocycles. The van der Waals surface area contributed by atoms with Crippen LogP contribution >= 0.6 is 11.8 Å². The van der Waals surface area contributed by atoms with Gasteiger partial charge in [0.25, 0.3) is 0 Å². The zero-order valence-electron chi connectivity index (χ0n) is 11.9. The predicted octanol–water partition coefficient (Wildman–Crippen LogP) is 3.81. The minimum atomic E-state index is -4.13. The number of ether oxygens (including phenoxy) is 1. The number of thioether (sulfide) groups is 1. The van der Waals surface area contributed by atoms with Crippen molar-refractivity contribution in [3.8, 4) is 0 Å². The maximum absolute atomic E-state index is 12.2. The van der Waals surface area contributed by atoms with E-state index in [0.29, 0.717) is 13.0 Å². The highest BCUT2D eigenvalue weighted by Gasteiger charge is 2.36. The molecular formula is C13H24F3NOS. The zero-order chi connectivity index (χ0) is 14.6. The fraction of sp³-hybridized carbons (Fsp3) is 1.00. The molecule has 1 aliphatic rings. The first-order valence-electron chi connectivity index (χ1n) is 6.65. The van der Waals surface area contributed by atoms with Crippen LogP contribution in [0.4, 0.5) is 13.2 Å². The van der Waals surface area contributed by atoms with Crippen LogP contribution in [0.25, 0.3) is 0 Å². The van der Waals surface area contributed by atoms with Crippen molar-refractivity contribution in [1.82, 2.24) is 5.32 Å². The minimum Gasteiger partial charge on any atom is -0.381 e. The molecule has 1 atom stereocenters. The molecule has 1 aliphatic heterocycles. The number of alkyl halides is 3. The fourth-order valence-corrected chi connectivity index (χ4v) is 2.94. The van der Waals surface area contributed by atoms with Gasteiger partial charge < -0.3 is 10.1 Å². The molecule has 0 bridgehead atoms. The first-order chi connectivity index (χ1) is 8.62. The molecule has 0 aromatic heterocycles. The lowest BCUT2D eigenvalue weighted by atomic mass is 9.79. The van der Waals surface area contributed by atoms with Crippen LogP contribution in [0, 0.1) is 5.41 Å². The van der Waals surface area contributed by atoms with Gasteiger partial charge in [-0.3, -0.25) is 0 Å². The molecule has 1 heterocycles. The smallest absolute Gasteiger partial charge is 0.381 e. The molecule has 1 N–H and O–H groups in total. The Kier molecular flexibility index (Phi) is 6.01. The molecule has 0 aromatic carbocycles. The van der Waals surface area contributed by atoms with Crippen molar-refractivity contribution in [3.05, 3.63) is 0 Å². The van der Waals surface area contributed by atoms with Crippen molar-refractivity contribution in [1.29, 1.82) is 0 Å². The number of halogens is 3. The molecular weight excluding hydrogens is 275 g/mol. The fourth-order valence-electron chi connectivity index (χ4n) is 2.17. The molecule has 114 valence electrons. The second-order valence-electron chi connectivity index (χ2n) is 6.30. The van der Waals surface area contributed by atoms with Gasteiger partial charge in [-0.2, -0.15) is 13.2 Å². The molecule has 0 saturated carbocycles. The third kappa shape index (κ3) is 7.42. The molecule has 0 aromatic rings. The maximum atomic E-state index is 12.2. The van der Waals surface area contributed by atoms with Crippen molar-refractivity contribution < 1.29 is 17.9 Å². The van der Waals surface area contributed by atoms with E-state index in [4.69, 9.17) is 4.74 Å². The topological polar surface area (TPSA) is 21.3 Å². The van der Waals surface area contributed by atoms with Gasteiger partial charge >= 0.3 is 5.51 Å². The van der Waals surface area contributed by atoms with Crippen LogP contribution in [0.15, 0.2) is 0 Å². The van der Waals surface area contributed by atoms with Gasteiger partial charge in [0.1, 0.15) is 0 Å². The summed E-state index contributed by atoms with van der Waals surface area (Å²) in [6, 6.07) is 0. The lowest BCUT2D eigenvalue weighted by molar-refractivity contribution is -0.0340. The van der Waals surface area contributed by atoms with Crippen molar-refractivity contribution >= 4 is 11.8 Å². The Labute approximate surface area is 117 Å². The molecule has 1 unspecified atom stereocenters. The van der Waals surface area contributed by atoms with Crippen LogP contribution in [0.2, 0.25) is 0 Å². The standard InChI is InChI=1S/C13H24F3NOS/c1-11(2,3)17-9-12(5-4-7-18-10-12)6-8-19-13(14,15)16/h17H,4-10H2,1-3H3. The largest absolute Gasteiger partial charge is 0.441 e. The summed E-state index contributed by atoms with van der Waals surface area (Å²) < 4.78 is 42.2. The van der Waals surface area contributed by atoms with Gasteiger partial charge in [-0.1, -0.05) is 11.8 Å². The van der Waals surface area contributed by atoms with E-state index in [1.54, 1.807) is 0 Å². The van der Waals surface area contributed by atoms with E-state index in [-0.39, 0.29) is 28.5 Å². The van der Waals surface area contributed by atoms with E-state index in [2.05, 4.69) is 26.1 Å². The Morgan fingerprint density at radius 2 is 1.95 bits per heavy atom. The van der Waals surface area contributed by atoms with Gasteiger partial charge in [0.2, 0.25) is 0 Å². The number of rotatable bonds is 5. The summed E-state index contributed by atoms with van der Waals surface area (Å²) in [5.41, 5.74) is -4.31. The van der Waals surface area contributed by atoms with Gasteiger partial charge in [0, 0.05) is 29.9 Å². The predicted molar refractivity (Wildman–Crippen MR) is 73.4 cm³/mol. The summed E-state index contributed by atoms with van der Waals surface area (Å²) in [6.07, 6.45) is 2.41. The van der Waals surface area contributed by atoms with Gasteiger partial charge in [-0.25, -0.2) is 0 Å². The van der Waals surface area contributed by atoms with Crippen LogP contribution in [0.1, 0.15) is 40.0 Å². The van der Waals surface area contributed by atoms with Crippen molar-refractivity contribution in [2.24, 2.45) is 5.41 Å². The average Bonchev–Trinajstić information content (AvgIpc) is 2.25. The van der Waals surface area contributed by atoms with E-state index in [1.165, 1.54) is 0 Å². The molecule has 2 nitrogen and oxygen atoms in total. The summed E-state index contributed by atoms with van der Waals surface area (Å²) in [7, 11) is 0.